The molecule has 1 aliphatic heterocycles. The molecule has 2 N–H and O–H groups in total. The first-order valence-corrected chi connectivity index (χ1v) is 12.3. The Kier molecular flexibility index (Phi) is 4.97. The topological polar surface area (TPSA) is 96.1 Å². The third-order valence-corrected chi connectivity index (χ3v) is 8.55. The molecule has 1 saturated heterocycles. The standard InChI is InChI=1S/C25H25N7S/c26-15-17-3-1-4-18-19(6-10-28-22(17)18)33-20-16-30-24(32-14-11-29-23(20)32)31-12-8-25(9-13-31)7-2-5-21(25)27/h1,3-4,6,10-11,14,16,21H,2,5,7-9,12-13,27H2/t21-/m1/s1. The average Bonchev–Trinajstić information content (AvgIpc) is 3.48. The summed E-state index contributed by atoms with van der Waals surface area (Å²) in [5, 5.41) is 10.4. The molecule has 2 aliphatic rings. The highest BCUT2D eigenvalue weighted by atomic mass is 32.2. The van der Waals surface area contributed by atoms with Crippen molar-refractivity contribution >= 4 is 34.3 Å². The van der Waals surface area contributed by atoms with E-state index in [1.165, 1.54) is 12.8 Å². The van der Waals surface area contributed by atoms with Gasteiger partial charge < -0.3 is 10.6 Å². The van der Waals surface area contributed by atoms with Gasteiger partial charge in [0.1, 0.15) is 6.07 Å². The Morgan fingerprint density at radius 1 is 1.06 bits per heavy atom. The minimum absolute atomic E-state index is 0.324. The van der Waals surface area contributed by atoms with E-state index in [-0.39, 0.29) is 0 Å². The van der Waals surface area contributed by atoms with Gasteiger partial charge in [-0.05, 0) is 43.2 Å². The lowest BCUT2D eigenvalue weighted by atomic mass is 9.74. The second-order valence-electron chi connectivity index (χ2n) is 9.12. The molecule has 0 bridgehead atoms. The first-order chi connectivity index (χ1) is 16.2. The van der Waals surface area contributed by atoms with Crippen molar-refractivity contribution in [2.24, 2.45) is 11.1 Å². The smallest absolute Gasteiger partial charge is 0.211 e. The maximum Gasteiger partial charge on any atom is 0.211 e. The number of nitrogens with two attached hydrogens (primary N) is 1. The van der Waals surface area contributed by atoms with Crippen LogP contribution in [0.2, 0.25) is 0 Å². The van der Waals surface area contributed by atoms with Gasteiger partial charge in [0, 0.05) is 54.2 Å². The molecule has 1 saturated carbocycles. The van der Waals surface area contributed by atoms with E-state index in [0.717, 1.165) is 64.6 Å². The normalized spacial score (nSPS) is 20.0. The van der Waals surface area contributed by atoms with Crippen LogP contribution in [0.1, 0.15) is 37.7 Å². The molecule has 3 aromatic heterocycles. The van der Waals surface area contributed by atoms with Gasteiger partial charge in [-0.25, -0.2) is 9.97 Å². The van der Waals surface area contributed by atoms with E-state index in [2.05, 4.69) is 25.3 Å². The van der Waals surface area contributed by atoms with Gasteiger partial charge in [-0.15, -0.1) is 0 Å². The van der Waals surface area contributed by atoms with Crippen LogP contribution in [0.3, 0.4) is 0 Å². The molecule has 2 fully saturated rings. The van der Waals surface area contributed by atoms with Crippen molar-refractivity contribution in [1.29, 1.82) is 5.26 Å². The maximum absolute atomic E-state index is 9.43. The first-order valence-electron chi connectivity index (χ1n) is 11.5. The van der Waals surface area contributed by atoms with Crippen LogP contribution < -0.4 is 10.6 Å². The summed E-state index contributed by atoms with van der Waals surface area (Å²) in [5.41, 5.74) is 9.00. The Hall–Kier alpha value is -3.15. The predicted octanol–water partition coefficient (Wildman–Crippen LogP) is 4.40. The number of nitriles is 1. The fourth-order valence-corrected chi connectivity index (χ4v) is 6.56. The number of aromatic nitrogens is 4. The Morgan fingerprint density at radius 2 is 1.94 bits per heavy atom. The zero-order chi connectivity index (χ0) is 22.4. The zero-order valence-electron chi connectivity index (χ0n) is 18.3. The minimum atomic E-state index is 0.324. The van der Waals surface area contributed by atoms with E-state index in [0.29, 0.717) is 17.0 Å². The second kappa shape index (κ2) is 8.01. The molecule has 4 heterocycles. The molecule has 6 rings (SSSR count). The van der Waals surface area contributed by atoms with E-state index in [1.807, 2.05) is 36.8 Å². The summed E-state index contributed by atoms with van der Waals surface area (Å²) in [4.78, 5) is 18.3. The highest BCUT2D eigenvalue weighted by molar-refractivity contribution is 7.99. The lowest BCUT2D eigenvalue weighted by Gasteiger charge is -2.42. The van der Waals surface area contributed by atoms with Crippen LogP contribution in [0.25, 0.3) is 16.6 Å². The van der Waals surface area contributed by atoms with Gasteiger partial charge in [0.15, 0.2) is 5.65 Å². The van der Waals surface area contributed by atoms with Crippen LogP contribution in [0.15, 0.2) is 58.8 Å². The largest absolute Gasteiger partial charge is 0.342 e. The number of imidazole rings is 1. The van der Waals surface area contributed by atoms with Crippen molar-refractivity contribution in [2.75, 3.05) is 18.0 Å². The van der Waals surface area contributed by atoms with Gasteiger partial charge in [-0.3, -0.25) is 9.38 Å². The van der Waals surface area contributed by atoms with Gasteiger partial charge in [-0.2, -0.15) is 5.26 Å². The number of piperidine rings is 1. The highest BCUT2D eigenvalue weighted by Crippen LogP contribution is 2.46. The summed E-state index contributed by atoms with van der Waals surface area (Å²) in [6, 6.07) is 10.3. The van der Waals surface area contributed by atoms with E-state index in [1.54, 1.807) is 24.0 Å². The number of para-hydroxylation sites is 1. The molecule has 4 aromatic rings. The van der Waals surface area contributed by atoms with Gasteiger partial charge in [0.2, 0.25) is 5.95 Å². The fourth-order valence-electron chi connectivity index (χ4n) is 5.58. The van der Waals surface area contributed by atoms with Gasteiger partial charge in [0.05, 0.1) is 16.0 Å². The average molecular weight is 456 g/mol. The Labute approximate surface area is 196 Å². The van der Waals surface area contributed by atoms with Crippen molar-refractivity contribution in [3.05, 3.63) is 54.6 Å². The summed E-state index contributed by atoms with van der Waals surface area (Å²) in [6.07, 6.45) is 13.5. The number of benzene rings is 1. The van der Waals surface area contributed by atoms with Gasteiger partial charge in [-0.1, -0.05) is 30.3 Å². The summed E-state index contributed by atoms with van der Waals surface area (Å²) >= 11 is 1.61. The summed E-state index contributed by atoms with van der Waals surface area (Å²) < 4.78 is 2.10. The maximum atomic E-state index is 9.43. The van der Waals surface area contributed by atoms with Crippen molar-refractivity contribution < 1.29 is 0 Å². The van der Waals surface area contributed by atoms with E-state index in [4.69, 9.17) is 10.7 Å². The number of hydrogen-bond acceptors (Lipinski definition) is 7. The highest BCUT2D eigenvalue weighted by Gasteiger charge is 2.43. The van der Waals surface area contributed by atoms with Crippen molar-refractivity contribution in [2.45, 2.75) is 47.9 Å². The van der Waals surface area contributed by atoms with E-state index < -0.39 is 0 Å². The lowest BCUT2D eigenvalue weighted by molar-refractivity contribution is 0.197. The number of rotatable bonds is 3. The van der Waals surface area contributed by atoms with Crippen LogP contribution >= 0.6 is 11.8 Å². The van der Waals surface area contributed by atoms with Gasteiger partial charge in [0.25, 0.3) is 0 Å². The number of fused-ring (bicyclic) bond motifs is 2. The molecule has 1 aromatic carbocycles. The third kappa shape index (κ3) is 3.35. The molecule has 1 spiro atoms. The van der Waals surface area contributed by atoms with E-state index >= 15 is 0 Å². The number of hydrogen-bond donors (Lipinski definition) is 1. The molecule has 166 valence electrons. The monoisotopic (exact) mass is 455 g/mol. The Bertz CT molecular complexity index is 1380. The molecule has 0 unspecified atom stereocenters. The van der Waals surface area contributed by atoms with E-state index in [9.17, 15) is 5.26 Å². The number of nitrogens with zero attached hydrogens (tertiary/aromatic N) is 6. The third-order valence-electron chi connectivity index (χ3n) is 7.46. The molecular formula is C25H25N7S. The van der Waals surface area contributed by atoms with Crippen LogP contribution in [0.4, 0.5) is 5.95 Å². The van der Waals surface area contributed by atoms with Crippen molar-refractivity contribution in [3.8, 4) is 6.07 Å². The fraction of sp³-hybridized carbons (Fsp3) is 0.360. The predicted molar refractivity (Wildman–Crippen MR) is 129 cm³/mol. The SMILES string of the molecule is N#Cc1cccc2c(Sc3cnc(N4CCC5(CCC[C@H]5N)CC4)n4ccnc34)ccnc12. The molecule has 8 heteroatoms. The minimum Gasteiger partial charge on any atom is -0.342 e. The van der Waals surface area contributed by atoms with Crippen LogP contribution in [0.5, 0.6) is 0 Å². The van der Waals surface area contributed by atoms with Crippen LogP contribution in [0, 0.1) is 16.7 Å². The molecule has 1 aliphatic carbocycles. The molecule has 0 radical (unpaired) electrons. The Balaban J connectivity index is 1.32. The van der Waals surface area contributed by atoms with Crippen molar-refractivity contribution in [3.63, 3.8) is 0 Å². The Morgan fingerprint density at radius 3 is 2.73 bits per heavy atom. The van der Waals surface area contributed by atoms with Crippen LogP contribution in [-0.2, 0) is 0 Å². The molecule has 33 heavy (non-hydrogen) atoms. The molecular weight excluding hydrogens is 430 g/mol. The summed E-state index contributed by atoms with van der Waals surface area (Å²) in [6.45, 7) is 1.96. The molecule has 1 atom stereocenters. The quantitative estimate of drug-likeness (QED) is 0.489. The summed E-state index contributed by atoms with van der Waals surface area (Å²) in [5.74, 6) is 0.944. The summed E-state index contributed by atoms with van der Waals surface area (Å²) in [7, 11) is 0. The van der Waals surface area contributed by atoms with Crippen molar-refractivity contribution in [1.82, 2.24) is 19.4 Å². The number of anilines is 1. The van der Waals surface area contributed by atoms with Gasteiger partial charge >= 0.3 is 0 Å². The second-order valence-corrected chi connectivity index (χ2v) is 10.2. The zero-order valence-corrected chi connectivity index (χ0v) is 19.1. The lowest BCUT2D eigenvalue weighted by Crippen LogP contribution is -2.47. The first kappa shape index (κ1) is 20.5. The number of pyridine rings is 1. The van der Waals surface area contributed by atoms with Crippen LogP contribution in [-0.4, -0.2) is 38.5 Å². The molecule has 7 nitrogen and oxygen atoms in total. The molecule has 0 amide bonds.